The molecule has 0 N–H and O–H groups in total. The zero-order valence-electron chi connectivity index (χ0n) is 24.1. The van der Waals surface area contributed by atoms with Gasteiger partial charge < -0.3 is 0 Å². The lowest BCUT2D eigenvalue weighted by atomic mass is 9.92. The molecule has 0 aliphatic rings. The number of fused-ring (bicyclic) bond motifs is 3. The van der Waals surface area contributed by atoms with Crippen LogP contribution in [0.25, 0.3) is 77.7 Å². The molecular formula is C42H28N2. The Hall–Kier alpha value is -5.86. The van der Waals surface area contributed by atoms with Gasteiger partial charge in [-0.05, 0) is 81.2 Å². The van der Waals surface area contributed by atoms with E-state index in [2.05, 4.69) is 164 Å². The van der Waals surface area contributed by atoms with Crippen molar-refractivity contribution < 1.29 is 0 Å². The van der Waals surface area contributed by atoms with E-state index < -0.39 is 0 Å². The van der Waals surface area contributed by atoms with Crippen LogP contribution in [0.3, 0.4) is 0 Å². The van der Waals surface area contributed by atoms with Crippen LogP contribution < -0.4 is 0 Å². The smallest absolute Gasteiger partial charge is 0.0972 e. The quantitative estimate of drug-likeness (QED) is 0.196. The van der Waals surface area contributed by atoms with Crippen molar-refractivity contribution in [2.75, 3.05) is 0 Å². The molecule has 2 heterocycles. The van der Waals surface area contributed by atoms with Gasteiger partial charge in [0.2, 0.25) is 0 Å². The number of hydrogen-bond donors (Lipinski definition) is 0. The first-order valence-corrected chi connectivity index (χ1v) is 14.9. The van der Waals surface area contributed by atoms with Crippen LogP contribution in [0.1, 0.15) is 0 Å². The Morgan fingerprint density at radius 3 is 1.45 bits per heavy atom. The average molecular weight is 561 g/mol. The number of para-hydroxylation sites is 1. The molecular weight excluding hydrogens is 532 g/mol. The highest BCUT2D eigenvalue weighted by Crippen LogP contribution is 2.36. The monoisotopic (exact) mass is 560 g/mol. The zero-order valence-corrected chi connectivity index (χ0v) is 24.1. The first-order valence-electron chi connectivity index (χ1n) is 14.9. The molecule has 44 heavy (non-hydrogen) atoms. The molecule has 206 valence electrons. The number of benzene rings is 6. The van der Waals surface area contributed by atoms with E-state index in [0.29, 0.717) is 0 Å². The van der Waals surface area contributed by atoms with Crippen molar-refractivity contribution in [2.24, 2.45) is 0 Å². The molecule has 2 aromatic heterocycles. The van der Waals surface area contributed by atoms with Crippen LogP contribution in [0, 0.1) is 0 Å². The third kappa shape index (κ3) is 4.83. The lowest BCUT2D eigenvalue weighted by Crippen LogP contribution is -1.93. The van der Waals surface area contributed by atoms with Crippen LogP contribution in [0.5, 0.6) is 0 Å². The fourth-order valence-corrected chi connectivity index (χ4v) is 6.07. The van der Waals surface area contributed by atoms with E-state index in [1.165, 1.54) is 33.2 Å². The van der Waals surface area contributed by atoms with Crippen molar-refractivity contribution in [3.05, 3.63) is 170 Å². The number of nitrogens with zero attached hydrogens (tertiary/aromatic N) is 2. The second-order valence-corrected chi connectivity index (χ2v) is 11.0. The van der Waals surface area contributed by atoms with Gasteiger partial charge in [-0.15, -0.1) is 0 Å². The van der Waals surface area contributed by atoms with Crippen molar-refractivity contribution in [2.45, 2.75) is 0 Å². The molecule has 8 aromatic rings. The largest absolute Gasteiger partial charge is 0.246 e. The molecule has 0 bridgehead atoms. The molecule has 6 aromatic carbocycles. The summed E-state index contributed by atoms with van der Waals surface area (Å²) in [5, 5.41) is 3.45. The van der Waals surface area contributed by atoms with Crippen LogP contribution in [-0.2, 0) is 0 Å². The molecule has 0 amide bonds. The molecule has 0 saturated heterocycles. The Morgan fingerprint density at radius 1 is 0.273 bits per heavy atom. The van der Waals surface area contributed by atoms with Gasteiger partial charge >= 0.3 is 0 Å². The molecule has 2 nitrogen and oxygen atoms in total. The van der Waals surface area contributed by atoms with Gasteiger partial charge in [0.15, 0.2) is 0 Å². The van der Waals surface area contributed by atoms with Crippen molar-refractivity contribution in [1.29, 1.82) is 0 Å². The maximum atomic E-state index is 5.17. The van der Waals surface area contributed by atoms with E-state index >= 15 is 0 Å². The fourth-order valence-electron chi connectivity index (χ4n) is 6.07. The van der Waals surface area contributed by atoms with Crippen LogP contribution in [0.2, 0.25) is 0 Å². The minimum Gasteiger partial charge on any atom is -0.246 e. The van der Waals surface area contributed by atoms with Gasteiger partial charge in [0.1, 0.15) is 0 Å². The number of aromatic nitrogens is 2. The lowest BCUT2D eigenvalue weighted by Gasteiger charge is -2.13. The summed E-state index contributed by atoms with van der Waals surface area (Å²) in [6, 6.07) is 59.8. The maximum absolute atomic E-state index is 5.17. The summed E-state index contributed by atoms with van der Waals surface area (Å²) >= 11 is 0. The minimum atomic E-state index is 0.868. The summed E-state index contributed by atoms with van der Waals surface area (Å²) < 4.78 is 0. The molecule has 0 fully saturated rings. The van der Waals surface area contributed by atoms with Crippen LogP contribution >= 0.6 is 0 Å². The predicted molar refractivity (Wildman–Crippen MR) is 184 cm³/mol. The second-order valence-electron chi connectivity index (χ2n) is 11.0. The van der Waals surface area contributed by atoms with E-state index in [9.17, 15) is 0 Å². The van der Waals surface area contributed by atoms with Gasteiger partial charge in [-0.2, -0.15) is 0 Å². The second kappa shape index (κ2) is 11.1. The molecule has 0 radical (unpaired) electrons. The standard InChI is InChI=1S/C42H28N2/c1-3-13-29(14-4-1)33-26-34(30-15-5-2-6-16-30)28-35(27-33)31-17-11-18-32(25-31)39-23-12-24-41(43-39)42-38-21-8-7-19-36(38)37-20-9-10-22-40(37)44-42/h1-28H. The zero-order chi connectivity index (χ0) is 29.3. The number of rotatable bonds is 5. The first kappa shape index (κ1) is 25.8. The SMILES string of the molecule is c1ccc(-c2cc(-c3ccccc3)cc(-c3cccc(-c4cccc(-c5nc6ccccc6c6ccccc56)n4)c3)c2)cc1. The van der Waals surface area contributed by atoms with Gasteiger partial charge in [0.25, 0.3) is 0 Å². The Balaban J connectivity index is 1.24. The molecule has 0 aliphatic heterocycles. The molecule has 2 heteroatoms. The van der Waals surface area contributed by atoms with Gasteiger partial charge in [-0.25, -0.2) is 9.97 Å². The molecule has 0 unspecified atom stereocenters. The third-order valence-electron chi connectivity index (χ3n) is 8.24. The van der Waals surface area contributed by atoms with Gasteiger partial charge in [-0.1, -0.05) is 127 Å². The normalized spacial score (nSPS) is 11.2. The van der Waals surface area contributed by atoms with E-state index in [4.69, 9.17) is 9.97 Å². The average Bonchev–Trinajstić information content (AvgIpc) is 3.12. The van der Waals surface area contributed by atoms with Crippen molar-refractivity contribution in [3.8, 4) is 56.0 Å². The third-order valence-corrected chi connectivity index (χ3v) is 8.24. The van der Waals surface area contributed by atoms with E-state index in [0.717, 1.165) is 44.5 Å². The summed E-state index contributed by atoms with van der Waals surface area (Å²) in [4.78, 5) is 10.3. The highest BCUT2D eigenvalue weighted by Gasteiger charge is 2.13. The van der Waals surface area contributed by atoms with Crippen LogP contribution in [0.15, 0.2) is 170 Å². The van der Waals surface area contributed by atoms with E-state index in [1.807, 2.05) is 6.07 Å². The predicted octanol–water partition coefficient (Wildman–Crippen LogP) is 11.1. The molecule has 0 spiro atoms. The maximum Gasteiger partial charge on any atom is 0.0972 e. The summed E-state index contributed by atoms with van der Waals surface area (Å²) in [6.45, 7) is 0. The number of hydrogen-bond acceptors (Lipinski definition) is 2. The summed E-state index contributed by atoms with van der Waals surface area (Å²) in [7, 11) is 0. The molecule has 0 saturated carbocycles. The van der Waals surface area contributed by atoms with Crippen molar-refractivity contribution in [1.82, 2.24) is 9.97 Å². The van der Waals surface area contributed by atoms with E-state index in [-0.39, 0.29) is 0 Å². The summed E-state index contributed by atoms with van der Waals surface area (Å²) in [5.41, 5.74) is 11.9. The Kier molecular flexibility index (Phi) is 6.51. The highest BCUT2D eigenvalue weighted by molar-refractivity contribution is 6.10. The number of pyridine rings is 2. The first-order chi connectivity index (χ1) is 21.8. The molecule has 0 atom stereocenters. The Bertz CT molecular complexity index is 2210. The molecule has 0 aliphatic carbocycles. The Morgan fingerprint density at radius 2 is 0.750 bits per heavy atom. The van der Waals surface area contributed by atoms with Crippen LogP contribution in [0.4, 0.5) is 0 Å². The highest BCUT2D eigenvalue weighted by atomic mass is 14.8. The van der Waals surface area contributed by atoms with Gasteiger partial charge in [0.05, 0.1) is 22.6 Å². The van der Waals surface area contributed by atoms with Crippen molar-refractivity contribution >= 4 is 21.7 Å². The Labute approximate surface area is 257 Å². The summed E-state index contributed by atoms with van der Waals surface area (Å²) in [6.07, 6.45) is 0. The van der Waals surface area contributed by atoms with E-state index in [1.54, 1.807) is 0 Å². The fraction of sp³-hybridized carbons (Fsp3) is 0. The topological polar surface area (TPSA) is 25.8 Å². The summed E-state index contributed by atoms with van der Waals surface area (Å²) in [5.74, 6) is 0. The lowest BCUT2D eigenvalue weighted by molar-refractivity contribution is 1.29. The molecule has 8 rings (SSSR count). The van der Waals surface area contributed by atoms with Crippen LogP contribution in [-0.4, -0.2) is 9.97 Å². The minimum absolute atomic E-state index is 0.868. The van der Waals surface area contributed by atoms with Gasteiger partial charge in [-0.3, -0.25) is 0 Å². The van der Waals surface area contributed by atoms with Crippen molar-refractivity contribution in [3.63, 3.8) is 0 Å². The van der Waals surface area contributed by atoms with Gasteiger partial charge in [0, 0.05) is 16.3 Å².